The van der Waals surface area contributed by atoms with Crippen LogP contribution >= 0.6 is 15.9 Å². The van der Waals surface area contributed by atoms with E-state index in [1.807, 2.05) is 6.92 Å². The van der Waals surface area contributed by atoms with Gasteiger partial charge in [-0.3, -0.25) is 0 Å². The van der Waals surface area contributed by atoms with E-state index in [-0.39, 0.29) is 0 Å². The lowest BCUT2D eigenvalue weighted by atomic mass is 10.3. The van der Waals surface area contributed by atoms with Crippen LogP contribution < -0.4 is 0 Å². The predicted octanol–water partition coefficient (Wildman–Crippen LogP) is 2.70. The van der Waals surface area contributed by atoms with Crippen molar-refractivity contribution in [2.24, 2.45) is 0 Å². The van der Waals surface area contributed by atoms with E-state index in [0.717, 1.165) is 0 Å². The van der Waals surface area contributed by atoms with Gasteiger partial charge < -0.3 is 0 Å². The Morgan fingerprint density at radius 1 is 1.17 bits per heavy atom. The first-order chi connectivity index (χ1) is 2.64. The molecule has 0 aromatic carbocycles. The Morgan fingerprint density at radius 2 is 1.33 bits per heavy atom. The number of hydrogen-bond donors (Lipinski definition) is 0. The van der Waals surface area contributed by atoms with Gasteiger partial charge in [0, 0.05) is 0 Å². The zero-order valence-corrected chi connectivity index (χ0v) is 5.96. The molecule has 0 unspecified atom stereocenters. The Kier molecular flexibility index (Phi) is 2.49. The maximum Gasteiger partial charge on any atom is -0.00939 e. The van der Waals surface area contributed by atoms with Crippen molar-refractivity contribution < 1.29 is 0 Å². The average molecular weight is 149 g/mol. The minimum Gasteiger partial charge on any atom is -0.0666 e. The second-order valence-electron chi connectivity index (χ2n) is 1.53. The largest absolute Gasteiger partial charge is 0.0666 e. The molecular weight excluding hydrogens is 140 g/mol. The van der Waals surface area contributed by atoms with Crippen molar-refractivity contribution in [3.63, 3.8) is 0 Å². The van der Waals surface area contributed by atoms with Crippen LogP contribution in [0, 0.1) is 0 Å². The first-order valence-electron chi connectivity index (χ1n) is 1.94. The van der Waals surface area contributed by atoms with Gasteiger partial charge in [-0.05, 0) is 25.3 Å². The third-order valence-electron chi connectivity index (χ3n) is 0.689. The molecule has 0 amide bonds. The molecule has 0 bridgehead atoms. The Hall–Kier alpha value is 0.220. The van der Waals surface area contributed by atoms with Gasteiger partial charge in [0.15, 0.2) is 0 Å². The third kappa shape index (κ3) is 2.46. The van der Waals surface area contributed by atoms with E-state index < -0.39 is 0 Å². The summed E-state index contributed by atoms with van der Waals surface area (Å²) in [4.78, 5) is 0. The monoisotopic (exact) mass is 148 g/mol. The lowest BCUT2D eigenvalue weighted by molar-refractivity contribution is 1.35. The molecule has 36 valence electrons. The van der Waals surface area contributed by atoms with Crippen LogP contribution in [0.3, 0.4) is 0 Å². The molecule has 0 aliphatic rings. The highest BCUT2D eigenvalue weighted by Gasteiger charge is 1.77. The normalized spacial score (nSPS) is 8.00. The number of allylic oxidation sites excluding steroid dienone is 2. The van der Waals surface area contributed by atoms with Crippen LogP contribution in [0.5, 0.6) is 0 Å². The molecular formula is C5H9Br. The zero-order valence-electron chi connectivity index (χ0n) is 4.38. The standard InChI is InChI=1S/C5H9Br/c1-4(2)5(3)6/h1-3H3. The summed E-state index contributed by atoms with van der Waals surface area (Å²) in [6, 6.07) is 0. The first-order valence-corrected chi connectivity index (χ1v) is 2.73. The molecule has 0 aromatic rings. The summed E-state index contributed by atoms with van der Waals surface area (Å²) in [6.07, 6.45) is 0. The molecule has 0 atom stereocenters. The van der Waals surface area contributed by atoms with Gasteiger partial charge in [0.05, 0.1) is 0 Å². The molecule has 0 fully saturated rings. The second kappa shape index (κ2) is 2.40. The molecule has 0 aliphatic heterocycles. The van der Waals surface area contributed by atoms with E-state index in [0.29, 0.717) is 0 Å². The van der Waals surface area contributed by atoms with Gasteiger partial charge in [-0.2, -0.15) is 0 Å². The molecule has 0 aromatic heterocycles. The molecule has 0 spiro atoms. The van der Waals surface area contributed by atoms with Crippen LogP contribution in [-0.4, -0.2) is 0 Å². The van der Waals surface area contributed by atoms with E-state index in [2.05, 4.69) is 29.8 Å². The Labute approximate surface area is 47.4 Å². The van der Waals surface area contributed by atoms with Crippen molar-refractivity contribution in [2.75, 3.05) is 0 Å². The summed E-state index contributed by atoms with van der Waals surface area (Å²) in [5, 5.41) is 0. The molecule has 1 heteroatoms. The van der Waals surface area contributed by atoms with E-state index in [1.54, 1.807) is 0 Å². The Morgan fingerprint density at radius 3 is 1.33 bits per heavy atom. The maximum absolute atomic E-state index is 3.32. The highest BCUT2D eigenvalue weighted by atomic mass is 79.9. The van der Waals surface area contributed by atoms with Gasteiger partial charge in [-0.15, -0.1) is 0 Å². The van der Waals surface area contributed by atoms with E-state index in [9.17, 15) is 0 Å². The van der Waals surface area contributed by atoms with Crippen LogP contribution in [0.2, 0.25) is 0 Å². The molecule has 0 aliphatic carbocycles. The van der Waals surface area contributed by atoms with Gasteiger partial charge >= 0.3 is 0 Å². The number of rotatable bonds is 0. The van der Waals surface area contributed by atoms with Gasteiger partial charge in [0.2, 0.25) is 0 Å². The van der Waals surface area contributed by atoms with Crippen molar-refractivity contribution in [2.45, 2.75) is 20.8 Å². The lowest BCUT2D eigenvalue weighted by Crippen LogP contribution is -1.61. The smallest absolute Gasteiger partial charge is 0.00939 e. The molecule has 0 nitrogen and oxygen atoms in total. The lowest BCUT2D eigenvalue weighted by Gasteiger charge is -1.85. The molecule has 0 saturated carbocycles. The predicted molar refractivity (Wildman–Crippen MR) is 33.0 cm³/mol. The molecule has 0 rings (SSSR count). The number of halogens is 1. The first kappa shape index (κ1) is 6.22. The zero-order chi connectivity index (χ0) is 5.15. The van der Waals surface area contributed by atoms with E-state index >= 15 is 0 Å². The number of hydrogen-bond acceptors (Lipinski definition) is 0. The summed E-state index contributed by atoms with van der Waals surface area (Å²) < 4.78 is 1.24. The fourth-order valence-electron chi connectivity index (χ4n) is 0. The fourth-order valence-corrected chi connectivity index (χ4v) is 0. The summed E-state index contributed by atoms with van der Waals surface area (Å²) in [5.41, 5.74) is 1.34. The van der Waals surface area contributed by atoms with Gasteiger partial charge in [-0.1, -0.05) is 21.5 Å². The van der Waals surface area contributed by atoms with Crippen LogP contribution in [0.4, 0.5) is 0 Å². The molecule has 0 N–H and O–H groups in total. The summed E-state index contributed by atoms with van der Waals surface area (Å²) in [6.45, 7) is 6.18. The van der Waals surface area contributed by atoms with E-state index in [1.165, 1.54) is 10.1 Å². The van der Waals surface area contributed by atoms with Crippen molar-refractivity contribution in [1.82, 2.24) is 0 Å². The van der Waals surface area contributed by atoms with Crippen molar-refractivity contribution in [1.29, 1.82) is 0 Å². The Bertz CT molecular complexity index is 54.0. The summed E-state index contributed by atoms with van der Waals surface area (Å²) >= 11 is 3.32. The van der Waals surface area contributed by atoms with Crippen LogP contribution in [0.1, 0.15) is 20.8 Å². The molecule has 6 heavy (non-hydrogen) atoms. The van der Waals surface area contributed by atoms with Crippen molar-refractivity contribution in [3.05, 3.63) is 10.1 Å². The van der Waals surface area contributed by atoms with Gasteiger partial charge in [0.25, 0.3) is 0 Å². The average Bonchev–Trinajstić information content (AvgIpc) is 1.36. The van der Waals surface area contributed by atoms with E-state index in [4.69, 9.17) is 0 Å². The highest BCUT2D eigenvalue weighted by Crippen LogP contribution is 2.07. The SMILES string of the molecule is CC(C)=C(C)Br. The fraction of sp³-hybridized carbons (Fsp3) is 0.600. The Balaban J connectivity index is 3.68. The van der Waals surface area contributed by atoms with Gasteiger partial charge in [-0.25, -0.2) is 0 Å². The van der Waals surface area contributed by atoms with Crippen LogP contribution in [0.25, 0.3) is 0 Å². The second-order valence-corrected chi connectivity index (χ2v) is 2.72. The van der Waals surface area contributed by atoms with Crippen molar-refractivity contribution in [3.8, 4) is 0 Å². The van der Waals surface area contributed by atoms with Crippen LogP contribution in [-0.2, 0) is 0 Å². The third-order valence-corrected chi connectivity index (χ3v) is 1.48. The minimum atomic E-state index is 1.24. The molecule has 0 saturated heterocycles. The highest BCUT2D eigenvalue weighted by molar-refractivity contribution is 9.11. The summed E-state index contributed by atoms with van der Waals surface area (Å²) in [7, 11) is 0. The topological polar surface area (TPSA) is 0 Å². The summed E-state index contributed by atoms with van der Waals surface area (Å²) in [5.74, 6) is 0. The van der Waals surface area contributed by atoms with Crippen molar-refractivity contribution >= 4 is 15.9 Å². The van der Waals surface area contributed by atoms with Crippen LogP contribution in [0.15, 0.2) is 10.1 Å². The van der Waals surface area contributed by atoms with Gasteiger partial charge in [0.1, 0.15) is 0 Å². The maximum atomic E-state index is 3.32. The quantitative estimate of drug-likeness (QED) is 0.496. The molecule has 0 heterocycles. The minimum absolute atomic E-state index is 1.24. The molecule has 0 radical (unpaired) electrons.